The van der Waals surface area contributed by atoms with Gasteiger partial charge in [0.2, 0.25) is 0 Å². The summed E-state index contributed by atoms with van der Waals surface area (Å²) in [4.78, 5) is 2.20. The summed E-state index contributed by atoms with van der Waals surface area (Å²) in [5.41, 5.74) is 0.902. The van der Waals surface area contributed by atoms with Gasteiger partial charge in [-0.3, -0.25) is 4.90 Å². The Labute approximate surface area is 94.9 Å². The van der Waals surface area contributed by atoms with Crippen molar-refractivity contribution in [3.05, 3.63) is 23.0 Å². The molecule has 1 rings (SSSR count). The first kappa shape index (κ1) is 12.4. The third-order valence-electron chi connectivity index (χ3n) is 2.15. The zero-order chi connectivity index (χ0) is 11.1. The summed E-state index contributed by atoms with van der Waals surface area (Å²) in [5, 5.41) is 16.9. The molecule has 0 radical (unpaired) electrons. The zero-order valence-electron chi connectivity index (χ0n) is 8.86. The fourth-order valence-electron chi connectivity index (χ4n) is 1.30. The van der Waals surface area contributed by atoms with Gasteiger partial charge in [0, 0.05) is 19.7 Å². The van der Waals surface area contributed by atoms with Gasteiger partial charge in [-0.1, -0.05) is 18.5 Å². The van der Waals surface area contributed by atoms with Gasteiger partial charge < -0.3 is 5.11 Å². The first-order valence-electron chi connectivity index (χ1n) is 5.07. The van der Waals surface area contributed by atoms with Crippen molar-refractivity contribution in [2.75, 3.05) is 19.7 Å². The molecule has 1 N–H and O–H groups in total. The summed E-state index contributed by atoms with van der Waals surface area (Å²) < 4.78 is 0. The average Bonchev–Trinajstić information content (AvgIpc) is 2.27. The lowest BCUT2D eigenvalue weighted by molar-refractivity contribution is 0.223. The van der Waals surface area contributed by atoms with Crippen molar-refractivity contribution in [3.63, 3.8) is 0 Å². The summed E-state index contributed by atoms with van der Waals surface area (Å²) in [6.45, 7) is 4.87. The van der Waals surface area contributed by atoms with Crippen molar-refractivity contribution in [1.82, 2.24) is 15.1 Å². The van der Waals surface area contributed by atoms with Crippen LogP contribution >= 0.6 is 11.6 Å². The molecule has 0 fully saturated rings. The first-order valence-corrected chi connectivity index (χ1v) is 5.45. The Morgan fingerprint density at radius 1 is 1.40 bits per heavy atom. The molecule has 84 valence electrons. The third kappa shape index (κ3) is 4.55. The second-order valence-electron chi connectivity index (χ2n) is 3.29. The van der Waals surface area contributed by atoms with E-state index in [0.29, 0.717) is 5.15 Å². The molecule has 4 nitrogen and oxygen atoms in total. The van der Waals surface area contributed by atoms with Gasteiger partial charge in [0.15, 0.2) is 5.15 Å². The van der Waals surface area contributed by atoms with Crippen molar-refractivity contribution in [2.24, 2.45) is 0 Å². The Morgan fingerprint density at radius 2 is 2.20 bits per heavy atom. The van der Waals surface area contributed by atoms with Crippen molar-refractivity contribution in [2.45, 2.75) is 19.9 Å². The van der Waals surface area contributed by atoms with Crippen molar-refractivity contribution in [1.29, 1.82) is 0 Å². The summed E-state index contributed by atoms with van der Waals surface area (Å²) in [6.07, 6.45) is 0.787. The number of halogens is 1. The minimum Gasteiger partial charge on any atom is -0.396 e. The second-order valence-corrected chi connectivity index (χ2v) is 3.68. The lowest BCUT2D eigenvalue weighted by atomic mass is 10.3. The zero-order valence-corrected chi connectivity index (χ0v) is 9.61. The van der Waals surface area contributed by atoms with Gasteiger partial charge in [0.25, 0.3) is 0 Å². The van der Waals surface area contributed by atoms with Gasteiger partial charge in [-0.2, -0.15) is 5.10 Å². The van der Waals surface area contributed by atoms with E-state index < -0.39 is 0 Å². The van der Waals surface area contributed by atoms with E-state index in [1.165, 1.54) is 0 Å². The quantitative estimate of drug-likeness (QED) is 0.800. The molecule has 0 saturated heterocycles. The molecule has 0 spiro atoms. The molecule has 0 aliphatic rings. The van der Waals surface area contributed by atoms with Crippen LogP contribution in [0.25, 0.3) is 0 Å². The van der Waals surface area contributed by atoms with Crippen LogP contribution in [0.2, 0.25) is 5.15 Å². The molecule has 0 aliphatic heterocycles. The largest absolute Gasteiger partial charge is 0.396 e. The summed E-state index contributed by atoms with van der Waals surface area (Å²) >= 11 is 5.65. The van der Waals surface area contributed by atoms with Crippen LogP contribution in [-0.4, -0.2) is 39.9 Å². The van der Waals surface area contributed by atoms with E-state index >= 15 is 0 Å². The van der Waals surface area contributed by atoms with Crippen molar-refractivity contribution in [3.8, 4) is 0 Å². The normalized spacial score (nSPS) is 10.9. The number of aliphatic hydroxyl groups excluding tert-OH is 1. The molecule has 0 atom stereocenters. The minimum absolute atomic E-state index is 0.225. The summed E-state index contributed by atoms with van der Waals surface area (Å²) in [5.74, 6) is 0. The molecule has 0 bridgehead atoms. The van der Waals surface area contributed by atoms with E-state index in [-0.39, 0.29) is 6.61 Å². The third-order valence-corrected chi connectivity index (χ3v) is 2.35. The molecular weight excluding hydrogens is 214 g/mol. The maximum atomic E-state index is 8.74. The Kier molecular flexibility index (Phi) is 5.53. The van der Waals surface area contributed by atoms with E-state index in [1.54, 1.807) is 6.07 Å². The Morgan fingerprint density at radius 3 is 2.73 bits per heavy atom. The molecule has 0 amide bonds. The number of aromatic nitrogens is 2. The average molecular weight is 230 g/mol. The molecular formula is C10H16ClN3O. The molecule has 1 aromatic rings. The monoisotopic (exact) mass is 229 g/mol. The molecule has 0 aliphatic carbocycles. The van der Waals surface area contributed by atoms with Crippen LogP contribution in [0.15, 0.2) is 12.1 Å². The summed E-state index contributed by atoms with van der Waals surface area (Å²) in [7, 11) is 0. The first-order chi connectivity index (χ1) is 7.26. The van der Waals surface area contributed by atoms with Gasteiger partial charge in [-0.15, -0.1) is 5.10 Å². The van der Waals surface area contributed by atoms with Crippen LogP contribution in [0.3, 0.4) is 0 Å². The highest BCUT2D eigenvalue weighted by Crippen LogP contribution is 2.05. The van der Waals surface area contributed by atoms with Crippen LogP contribution in [0.4, 0.5) is 0 Å². The van der Waals surface area contributed by atoms with Gasteiger partial charge in [-0.25, -0.2) is 0 Å². The van der Waals surface area contributed by atoms with Gasteiger partial charge in [0.05, 0.1) is 5.69 Å². The van der Waals surface area contributed by atoms with Gasteiger partial charge in [-0.05, 0) is 25.1 Å². The highest BCUT2D eigenvalue weighted by Gasteiger charge is 2.04. The van der Waals surface area contributed by atoms with Crippen LogP contribution in [-0.2, 0) is 6.54 Å². The van der Waals surface area contributed by atoms with Gasteiger partial charge >= 0.3 is 0 Å². The molecule has 5 heteroatoms. The standard InChI is InChI=1S/C10H16ClN3O/c1-2-14(6-3-7-15)8-9-4-5-10(11)13-12-9/h4-5,15H,2-3,6-8H2,1H3. The minimum atomic E-state index is 0.225. The maximum absolute atomic E-state index is 8.74. The van der Waals surface area contributed by atoms with Gasteiger partial charge in [0.1, 0.15) is 0 Å². The number of hydrogen-bond donors (Lipinski definition) is 1. The Balaban J connectivity index is 2.47. The van der Waals surface area contributed by atoms with E-state index in [2.05, 4.69) is 22.0 Å². The molecule has 1 heterocycles. The summed E-state index contributed by atoms with van der Waals surface area (Å²) in [6, 6.07) is 3.61. The van der Waals surface area contributed by atoms with Crippen LogP contribution in [0.1, 0.15) is 19.0 Å². The predicted octanol–water partition coefficient (Wildman–Crippen LogP) is 1.33. The molecule has 0 aromatic carbocycles. The second kappa shape index (κ2) is 6.71. The molecule has 0 unspecified atom stereocenters. The van der Waals surface area contributed by atoms with Crippen LogP contribution < -0.4 is 0 Å². The molecule has 1 aromatic heterocycles. The van der Waals surface area contributed by atoms with E-state index in [0.717, 1.165) is 31.7 Å². The van der Waals surface area contributed by atoms with Crippen molar-refractivity contribution >= 4 is 11.6 Å². The fourth-order valence-corrected chi connectivity index (χ4v) is 1.40. The van der Waals surface area contributed by atoms with E-state index in [9.17, 15) is 0 Å². The van der Waals surface area contributed by atoms with E-state index in [4.69, 9.17) is 16.7 Å². The Hall–Kier alpha value is -0.710. The maximum Gasteiger partial charge on any atom is 0.151 e. The van der Waals surface area contributed by atoms with Crippen LogP contribution in [0.5, 0.6) is 0 Å². The van der Waals surface area contributed by atoms with Crippen molar-refractivity contribution < 1.29 is 5.11 Å². The highest BCUT2D eigenvalue weighted by molar-refractivity contribution is 6.29. The SMILES string of the molecule is CCN(CCCO)Cc1ccc(Cl)nn1. The number of rotatable bonds is 6. The lowest BCUT2D eigenvalue weighted by Gasteiger charge is -2.18. The molecule has 0 saturated carbocycles. The highest BCUT2D eigenvalue weighted by atomic mass is 35.5. The smallest absolute Gasteiger partial charge is 0.151 e. The van der Waals surface area contributed by atoms with E-state index in [1.807, 2.05) is 6.07 Å². The Bertz CT molecular complexity index is 279. The number of nitrogens with zero attached hydrogens (tertiary/aromatic N) is 3. The molecule has 15 heavy (non-hydrogen) atoms. The van der Waals surface area contributed by atoms with Crippen LogP contribution in [0, 0.1) is 0 Å². The fraction of sp³-hybridized carbons (Fsp3) is 0.600. The number of aliphatic hydroxyl groups is 1. The number of hydrogen-bond acceptors (Lipinski definition) is 4. The topological polar surface area (TPSA) is 49.2 Å². The lowest BCUT2D eigenvalue weighted by Crippen LogP contribution is -2.25. The predicted molar refractivity (Wildman–Crippen MR) is 59.7 cm³/mol.